The lowest BCUT2D eigenvalue weighted by atomic mass is 10.0. The van der Waals surface area contributed by atoms with Crippen molar-refractivity contribution in [2.45, 2.75) is 12.3 Å². The minimum absolute atomic E-state index is 0.0734. The molecule has 7 heteroatoms. The normalized spacial score (nSPS) is 11.8. The first-order valence-electron chi connectivity index (χ1n) is 5.10. The molecule has 0 aliphatic heterocycles. The predicted octanol–water partition coefficient (Wildman–Crippen LogP) is 3.12. The van der Waals surface area contributed by atoms with Crippen molar-refractivity contribution in [3.8, 4) is 6.07 Å². The Morgan fingerprint density at radius 3 is 2.63 bits per heavy atom. The third-order valence-electron chi connectivity index (χ3n) is 2.63. The molecule has 0 fully saturated rings. The maximum absolute atomic E-state index is 13.0. The standard InChI is InChI=1S/C12H6F4N2O/c13-11(14)12(15,16)10(19)8-5-18-9-3-6(4-17)1-2-7(8)9/h1-3,5,11,18H. The second-order valence-corrected chi connectivity index (χ2v) is 3.83. The number of aromatic nitrogens is 1. The van der Waals surface area contributed by atoms with E-state index in [0.717, 1.165) is 6.20 Å². The quantitative estimate of drug-likeness (QED) is 0.688. The molecule has 19 heavy (non-hydrogen) atoms. The van der Waals surface area contributed by atoms with Crippen molar-refractivity contribution < 1.29 is 22.4 Å². The Morgan fingerprint density at radius 2 is 2.05 bits per heavy atom. The third-order valence-corrected chi connectivity index (χ3v) is 2.63. The average molecular weight is 270 g/mol. The van der Waals surface area contributed by atoms with E-state index in [1.807, 2.05) is 6.07 Å². The van der Waals surface area contributed by atoms with Gasteiger partial charge in [0, 0.05) is 22.7 Å². The summed E-state index contributed by atoms with van der Waals surface area (Å²) < 4.78 is 50.3. The van der Waals surface area contributed by atoms with E-state index in [4.69, 9.17) is 5.26 Å². The molecule has 0 unspecified atom stereocenters. The molecule has 1 heterocycles. The van der Waals surface area contributed by atoms with Crippen LogP contribution in [-0.4, -0.2) is 23.1 Å². The second-order valence-electron chi connectivity index (χ2n) is 3.83. The van der Waals surface area contributed by atoms with Gasteiger partial charge in [0.1, 0.15) is 0 Å². The van der Waals surface area contributed by atoms with Gasteiger partial charge in [-0.1, -0.05) is 6.07 Å². The number of hydrogen-bond donors (Lipinski definition) is 1. The fraction of sp³-hybridized carbons (Fsp3) is 0.167. The fourth-order valence-corrected chi connectivity index (χ4v) is 1.66. The van der Waals surface area contributed by atoms with Crippen molar-refractivity contribution in [3.63, 3.8) is 0 Å². The zero-order valence-electron chi connectivity index (χ0n) is 9.25. The Labute approximate surface area is 104 Å². The number of ketones is 1. The molecule has 1 aromatic heterocycles. The summed E-state index contributed by atoms with van der Waals surface area (Å²) >= 11 is 0. The van der Waals surface area contributed by atoms with Crippen LogP contribution in [0.1, 0.15) is 15.9 Å². The van der Waals surface area contributed by atoms with Gasteiger partial charge in [-0.3, -0.25) is 4.79 Å². The first-order valence-corrected chi connectivity index (χ1v) is 5.10. The van der Waals surface area contributed by atoms with Gasteiger partial charge in [0.25, 0.3) is 0 Å². The summed E-state index contributed by atoms with van der Waals surface area (Å²) in [7, 11) is 0. The molecule has 3 nitrogen and oxygen atoms in total. The Kier molecular flexibility index (Phi) is 3.02. The van der Waals surface area contributed by atoms with Gasteiger partial charge in [-0.15, -0.1) is 0 Å². The maximum atomic E-state index is 13.0. The number of Topliss-reactive ketones (excluding diaryl/α,β-unsaturated/α-hetero) is 1. The van der Waals surface area contributed by atoms with Crippen molar-refractivity contribution in [2.24, 2.45) is 0 Å². The Morgan fingerprint density at radius 1 is 1.37 bits per heavy atom. The highest BCUT2D eigenvalue weighted by atomic mass is 19.3. The molecule has 0 saturated heterocycles. The summed E-state index contributed by atoms with van der Waals surface area (Å²) in [5.41, 5.74) is -0.00813. The molecular weight excluding hydrogens is 264 g/mol. The molecule has 0 atom stereocenters. The molecule has 1 N–H and O–H groups in total. The van der Waals surface area contributed by atoms with Crippen LogP contribution in [0.15, 0.2) is 24.4 Å². The van der Waals surface area contributed by atoms with Gasteiger partial charge in [0.2, 0.25) is 5.78 Å². The van der Waals surface area contributed by atoms with Crippen LogP contribution in [0.5, 0.6) is 0 Å². The third kappa shape index (κ3) is 2.05. The highest BCUT2D eigenvalue weighted by Gasteiger charge is 2.49. The van der Waals surface area contributed by atoms with Crippen LogP contribution in [0.25, 0.3) is 10.9 Å². The minimum Gasteiger partial charge on any atom is -0.360 e. The number of H-pyrrole nitrogens is 1. The van der Waals surface area contributed by atoms with Crippen molar-refractivity contribution in [2.75, 3.05) is 0 Å². The molecule has 0 saturated carbocycles. The lowest BCUT2D eigenvalue weighted by Gasteiger charge is -2.12. The molecule has 0 bridgehead atoms. The Hall–Kier alpha value is -2.36. The zero-order chi connectivity index (χ0) is 14.2. The largest absolute Gasteiger partial charge is 0.368 e. The number of nitrogens with zero attached hydrogens (tertiary/aromatic N) is 1. The van der Waals surface area contributed by atoms with Crippen LogP contribution in [-0.2, 0) is 0 Å². The van der Waals surface area contributed by atoms with Gasteiger partial charge >= 0.3 is 12.3 Å². The summed E-state index contributed by atoms with van der Waals surface area (Å²) in [6.45, 7) is 0. The number of carbonyl (C=O) groups excluding carboxylic acids is 1. The maximum Gasteiger partial charge on any atom is 0.368 e. The summed E-state index contributed by atoms with van der Waals surface area (Å²) in [4.78, 5) is 13.9. The zero-order valence-corrected chi connectivity index (χ0v) is 9.25. The number of benzene rings is 1. The number of rotatable bonds is 3. The van der Waals surface area contributed by atoms with Crippen LogP contribution < -0.4 is 0 Å². The van der Waals surface area contributed by atoms with Gasteiger partial charge in [0.05, 0.1) is 11.6 Å². The van der Waals surface area contributed by atoms with E-state index in [0.29, 0.717) is 0 Å². The lowest BCUT2D eigenvalue weighted by Crippen LogP contribution is -2.36. The van der Waals surface area contributed by atoms with E-state index in [1.54, 1.807) is 0 Å². The van der Waals surface area contributed by atoms with Crippen LogP contribution in [0.4, 0.5) is 17.6 Å². The molecule has 0 radical (unpaired) electrons. The second kappa shape index (κ2) is 4.39. The molecule has 0 aliphatic carbocycles. The Bertz CT molecular complexity index is 685. The van der Waals surface area contributed by atoms with Crippen molar-refractivity contribution in [3.05, 3.63) is 35.5 Å². The first-order chi connectivity index (χ1) is 8.87. The van der Waals surface area contributed by atoms with Crippen LogP contribution in [0.3, 0.4) is 0 Å². The Balaban J connectivity index is 2.53. The lowest BCUT2D eigenvalue weighted by molar-refractivity contribution is -0.0957. The van der Waals surface area contributed by atoms with E-state index in [1.165, 1.54) is 18.2 Å². The monoisotopic (exact) mass is 270 g/mol. The van der Waals surface area contributed by atoms with Gasteiger partial charge in [0.15, 0.2) is 0 Å². The van der Waals surface area contributed by atoms with E-state index >= 15 is 0 Å². The van der Waals surface area contributed by atoms with Gasteiger partial charge < -0.3 is 4.98 Å². The van der Waals surface area contributed by atoms with Crippen molar-refractivity contribution in [1.29, 1.82) is 5.26 Å². The number of hydrogen-bond acceptors (Lipinski definition) is 2. The molecule has 2 rings (SSSR count). The minimum atomic E-state index is -4.73. The molecule has 1 aromatic carbocycles. The molecular formula is C12H6F4N2O. The molecule has 0 spiro atoms. The summed E-state index contributed by atoms with van der Waals surface area (Å²) in [5.74, 6) is -6.68. The number of aromatic amines is 1. The topological polar surface area (TPSA) is 56.6 Å². The van der Waals surface area contributed by atoms with E-state index < -0.39 is 23.7 Å². The summed E-state index contributed by atoms with van der Waals surface area (Å²) in [5, 5.41) is 8.74. The number of nitrogens with one attached hydrogen (secondary N) is 1. The average Bonchev–Trinajstić information content (AvgIpc) is 2.79. The SMILES string of the molecule is N#Cc1ccc2c(C(=O)C(F)(F)C(F)F)c[nH]c2c1. The van der Waals surface area contributed by atoms with Crippen molar-refractivity contribution >= 4 is 16.7 Å². The van der Waals surface area contributed by atoms with E-state index in [-0.39, 0.29) is 16.5 Å². The van der Waals surface area contributed by atoms with E-state index in [9.17, 15) is 22.4 Å². The number of nitriles is 1. The van der Waals surface area contributed by atoms with E-state index in [2.05, 4.69) is 4.98 Å². The van der Waals surface area contributed by atoms with Crippen molar-refractivity contribution in [1.82, 2.24) is 4.98 Å². The highest BCUT2D eigenvalue weighted by Crippen LogP contribution is 2.30. The molecule has 2 aromatic rings. The highest BCUT2D eigenvalue weighted by molar-refractivity contribution is 6.11. The van der Waals surface area contributed by atoms with Gasteiger partial charge in [-0.2, -0.15) is 14.0 Å². The predicted molar refractivity (Wildman–Crippen MR) is 58.3 cm³/mol. The summed E-state index contributed by atoms with van der Waals surface area (Å²) in [6, 6.07) is 5.75. The smallest absolute Gasteiger partial charge is 0.360 e. The number of halogens is 4. The first kappa shape index (κ1) is 13.1. The molecule has 0 amide bonds. The number of fused-ring (bicyclic) bond motifs is 1. The van der Waals surface area contributed by atoms with Crippen LogP contribution in [0, 0.1) is 11.3 Å². The summed E-state index contributed by atoms with van der Waals surface area (Å²) in [6.07, 6.45) is -3.13. The number of carbonyl (C=O) groups is 1. The van der Waals surface area contributed by atoms with Gasteiger partial charge in [-0.05, 0) is 12.1 Å². The van der Waals surface area contributed by atoms with Gasteiger partial charge in [-0.25, -0.2) is 8.78 Å². The molecule has 0 aliphatic rings. The fourth-order valence-electron chi connectivity index (χ4n) is 1.66. The number of alkyl halides is 4. The van der Waals surface area contributed by atoms with Crippen LogP contribution in [0.2, 0.25) is 0 Å². The molecule has 98 valence electrons. The van der Waals surface area contributed by atoms with Crippen LogP contribution >= 0.6 is 0 Å².